The molecule has 2 fully saturated rings. The standard InChI is InChI=1S/C32H43N7O3/c1-21-3-5-23(6-4-21)19-42-25-8-10-26-24(17-25)7-9-27-30(26)36-32(33)37-31(27)39-13-11-38(12-14-39)15-16-41-20-29-34-18-28(35-29)22(2)40/h3-6,8,10,17,22,28-29,34-35,40H,7,9,11-16,18-20H2,1-2H3,(H2,33,36,37). The highest BCUT2D eigenvalue weighted by Gasteiger charge is 2.28. The Labute approximate surface area is 248 Å². The Balaban J connectivity index is 1.03. The summed E-state index contributed by atoms with van der Waals surface area (Å²) >= 11 is 0. The van der Waals surface area contributed by atoms with Gasteiger partial charge >= 0.3 is 0 Å². The average molecular weight is 574 g/mol. The summed E-state index contributed by atoms with van der Waals surface area (Å²) in [5.74, 6) is 2.17. The summed E-state index contributed by atoms with van der Waals surface area (Å²) in [5.41, 5.74) is 13.2. The summed E-state index contributed by atoms with van der Waals surface area (Å²) in [7, 11) is 0. The van der Waals surface area contributed by atoms with E-state index in [1.165, 1.54) is 16.7 Å². The number of anilines is 2. The Morgan fingerprint density at radius 1 is 1.07 bits per heavy atom. The Morgan fingerprint density at radius 3 is 2.64 bits per heavy atom. The van der Waals surface area contributed by atoms with E-state index in [4.69, 9.17) is 25.2 Å². The van der Waals surface area contributed by atoms with Crippen molar-refractivity contribution in [1.82, 2.24) is 25.5 Å². The maximum absolute atomic E-state index is 9.73. The molecule has 0 radical (unpaired) electrons. The normalized spacial score (nSPS) is 21.2. The summed E-state index contributed by atoms with van der Waals surface area (Å²) in [6, 6.07) is 14.8. The SMILES string of the molecule is Cc1ccc(COc2ccc3c(c2)CCc2c-3nc(N)nc2N2CCN(CCOCC3NCC(C(C)O)N3)CC2)cc1. The molecule has 1 aromatic heterocycles. The number of nitrogens with one attached hydrogen (secondary N) is 2. The van der Waals surface area contributed by atoms with Gasteiger partial charge in [0, 0.05) is 56.4 Å². The molecule has 0 amide bonds. The van der Waals surface area contributed by atoms with Crippen molar-refractivity contribution in [1.29, 1.82) is 0 Å². The number of aliphatic hydroxyl groups excluding tert-OH is 1. The molecule has 0 spiro atoms. The van der Waals surface area contributed by atoms with Crippen LogP contribution in [0.1, 0.15) is 29.2 Å². The third kappa shape index (κ3) is 6.68. The number of nitrogens with zero attached hydrogens (tertiary/aromatic N) is 4. The van der Waals surface area contributed by atoms with Crippen LogP contribution in [0, 0.1) is 6.92 Å². The molecule has 3 unspecified atom stereocenters. The smallest absolute Gasteiger partial charge is 0.222 e. The zero-order chi connectivity index (χ0) is 29.1. The molecule has 10 heteroatoms. The number of aliphatic hydroxyl groups is 1. The molecule has 0 saturated carbocycles. The Morgan fingerprint density at radius 2 is 1.88 bits per heavy atom. The summed E-state index contributed by atoms with van der Waals surface area (Å²) in [6.45, 7) is 11.1. The second kappa shape index (κ2) is 12.9. The minimum atomic E-state index is -0.369. The number of nitrogen functional groups attached to an aromatic ring is 1. The van der Waals surface area contributed by atoms with Crippen molar-refractivity contribution in [2.45, 2.75) is 51.6 Å². The predicted octanol–water partition coefficient (Wildman–Crippen LogP) is 2.12. The quantitative estimate of drug-likeness (QED) is 0.269. The number of aryl methyl sites for hydroxylation is 2. The van der Waals surface area contributed by atoms with E-state index >= 15 is 0 Å². The fourth-order valence-electron chi connectivity index (χ4n) is 6.05. The average Bonchev–Trinajstić information content (AvgIpc) is 3.48. The Kier molecular flexibility index (Phi) is 8.87. The summed E-state index contributed by atoms with van der Waals surface area (Å²) in [4.78, 5) is 14.2. The minimum absolute atomic E-state index is 0.0858. The maximum atomic E-state index is 9.73. The number of nitrogens with two attached hydrogens (primary N) is 1. The van der Waals surface area contributed by atoms with E-state index in [1.54, 1.807) is 0 Å². The molecule has 2 saturated heterocycles. The van der Waals surface area contributed by atoms with Gasteiger partial charge in [-0.1, -0.05) is 29.8 Å². The van der Waals surface area contributed by atoms with E-state index in [9.17, 15) is 5.11 Å². The lowest BCUT2D eigenvalue weighted by molar-refractivity contribution is 0.0812. The fourth-order valence-corrected chi connectivity index (χ4v) is 6.05. The first kappa shape index (κ1) is 28.8. The van der Waals surface area contributed by atoms with Gasteiger partial charge in [0.2, 0.25) is 5.95 Å². The molecule has 3 aliphatic rings. The molecular weight excluding hydrogens is 530 g/mol. The van der Waals surface area contributed by atoms with Crippen LogP contribution in [-0.2, 0) is 24.2 Å². The Hall–Kier alpha value is -3.28. The largest absolute Gasteiger partial charge is 0.489 e. The van der Waals surface area contributed by atoms with E-state index < -0.39 is 0 Å². The van der Waals surface area contributed by atoms with Crippen LogP contribution in [0.15, 0.2) is 42.5 Å². The first-order valence-corrected chi connectivity index (χ1v) is 15.1. The highest BCUT2D eigenvalue weighted by Crippen LogP contribution is 2.38. The number of piperazine rings is 1. The number of aromatic nitrogens is 2. The molecule has 3 atom stereocenters. The van der Waals surface area contributed by atoms with E-state index in [0.717, 1.165) is 80.5 Å². The first-order valence-electron chi connectivity index (χ1n) is 15.1. The highest BCUT2D eigenvalue weighted by atomic mass is 16.5. The molecule has 42 heavy (non-hydrogen) atoms. The van der Waals surface area contributed by atoms with Crippen molar-refractivity contribution in [2.75, 3.05) is 63.1 Å². The van der Waals surface area contributed by atoms with Crippen LogP contribution in [0.25, 0.3) is 11.3 Å². The van der Waals surface area contributed by atoms with Crippen LogP contribution in [0.5, 0.6) is 5.75 Å². The van der Waals surface area contributed by atoms with Crippen molar-refractivity contribution >= 4 is 11.8 Å². The van der Waals surface area contributed by atoms with Crippen LogP contribution in [0.3, 0.4) is 0 Å². The topological polar surface area (TPSA) is 121 Å². The molecule has 2 aliphatic heterocycles. The molecule has 5 N–H and O–H groups in total. The van der Waals surface area contributed by atoms with Gasteiger partial charge in [-0.05, 0) is 56.0 Å². The van der Waals surface area contributed by atoms with Crippen LogP contribution < -0.4 is 26.0 Å². The minimum Gasteiger partial charge on any atom is -0.489 e. The van der Waals surface area contributed by atoms with Crippen LogP contribution in [0.2, 0.25) is 0 Å². The molecule has 224 valence electrons. The first-order chi connectivity index (χ1) is 20.4. The summed E-state index contributed by atoms with van der Waals surface area (Å²) < 4.78 is 12.0. The van der Waals surface area contributed by atoms with Crippen molar-refractivity contribution in [3.05, 3.63) is 64.7 Å². The van der Waals surface area contributed by atoms with Crippen LogP contribution in [0.4, 0.5) is 11.8 Å². The monoisotopic (exact) mass is 573 g/mol. The lowest BCUT2D eigenvalue weighted by atomic mass is 9.88. The third-order valence-corrected chi connectivity index (χ3v) is 8.59. The van der Waals surface area contributed by atoms with Crippen molar-refractivity contribution in [3.63, 3.8) is 0 Å². The molecule has 2 aromatic carbocycles. The molecule has 0 bridgehead atoms. The van der Waals surface area contributed by atoms with Gasteiger partial charge in [0.05, 0.1) is 31.2 Å². The van der Waals surface area contributed by atoms with E-state index in [2.05, 4.69) is 63.8 Å². The molecule has 6 rings (SSSR count). The van der Waals surface area contributed by atoms with Crippen LogP contribution in [-0.4, -0.2) is 90.8 Å². The van der Waals surface area contributed by atoms with Crippen molar-refractivity contribution < 1.29 is 14.6 Å². The predicted molar refractivity (Wildman–Crippen MR) is 165 cm³/mol. The van der Waals surface area contributed by atoms with Gasteiger partial charge in [-0.15, -0.1) is 0 Å². The molecule has 10 nitrogen and oxygen atoms in total. The molecule has 3 heterocycles. The number of ether oxygens (including phenoxy) is 2. The third-order valence-electron chi connectivity index (χ3n) is 8.59. The van der Waals surface area contributed by atoms with E-state index in [0.29, 0.717) is 25.8 Å². The number of rotatable bonds is 10. The highest BCUT2D eigenvalue weighted by molar-refractivity contribution is 5.76. The molecule has 3 aromatic rings. The zero-order valence-corrected chi connectivity index (χ0v) is 24.7. The van der Waals surface area contributed by atoms with Gasteiger partial charge in [-0.3, -0.25) is 15.5 Å². The summed E-state index contributed by atoms with van der Waals surface area (Å²) in [5, 5.41) is 16.5. The lowest BCUT2D eigenvalue weighted by Crippen LogP contribution is -2.48. The lowest BCUT2D eigenvalue weighted by Gasteiger charge is -2.37. The van der Waals surface area contributed by atoms with Crippen molar-refractivity contribution in [3.8, 4) is 17.0 Å². The fraction of sp³-hybridized carbons (Fsp3) is 0.500. The van der Waals surface area contributed by atoms with Gasteiger partial charge in [0.1, 0.15) is 18.2 Å². The number of benzene rings is 2. The van der Waals surface area contributed by atoms with E-state index in [-0.39, 0.29) is 18.3 Å². The van der Waals surface area contributed by atoms with Gasteiger partial charge in [0.25, 0.3) is 0 Å². The molecular formula is C32H43N7O3. The second-order valence-electron chi connectivity index (χ2n) is 11.7. The van der Waals surface area contributed by atoms with Crippen LogP contribution >= 0.6 is 0 Å². The number of hydrogen-bond acceptors (Lipinski definition) is 10. The van der Waals surface area contributed by atoms with Gasteiger partial charge < -0.3 is 25.2 Å². The maximum Gasteiger partial charge on any atom is 0.222 e. The summed E-state index contributed by atoms with van der Waals surface area (Å²) in [6.07, 6.45) is 1.53. The second-order valence-corrected chi connectivity index (χ2v) is 11.7. The molecule has 1 aliphatic carbocycles. The zero-order valence-electron chi connectivity index (χ0n) is 24.7. The van der Waals surface area contributed by atoms with Crippen molar-refractivity contribution in [2.24, 2.45) is 0 Å². The van der Waals surface area contributed by atoms with E-state index in [1.807, 2.05) is 13.0 Å². The number of hydrogen-bond donors (Lipinski definition) is 4. The van der Waals surface area contributed by atoms with Gasteiger partial charge in [0.15, 0.2) is 0 Å². The van der Waals surface area contributed by atoms with Gasteiger partial charge in [-0.25, -0.2) is 4.98 Å². The van der Waals surface area contributed by atoms with Gasteiger partial charge in [-0.2, -0.15) is 4.98 Å². The Bertz CT molecular complexity index is 1360. The number of fused-ring (bicyclic) bond motifs is 3.